The molecule has 2 aromatic rings. The number of hydrogen-bond donors (Lipinski definition) is 0. The second-order valence-electron chi connectivity index (χ2n) is 8.94. The summed E-state index contributed by atoms with van der Waals surface area (Å²) >= 11 is 8.06. The quantitative estimate of drug-likeness (QED) is 0.651. The van der Waals surface area contributed by atoms with E-state index in [1.807, 2.05) is 23.9 Å². The highest BCUT2D eigenvalue weighted by molar-refractivity contribution is 7.99. The summed E-state index contributed by atoms with van der Waals surface area (Å²) < 4.78 is 0. The summed E-state index contributed by atoms with van der Waals surface area (Å²) in [6.45, 7) is 5.37. The zero-order chi connectivity index (χ0) is 21.4. The van der Waals surface area contributed by atoms with Crippen molar-refractivity contribution in [1.29, 1.82) is 0 Å². The molecular formula is C24H29ClN4OS. The topological polar surface area (TPSA) is 49.3 Å². The first-order valence-corrected chi connectivity index (χ1v) is 12.8. The smallest absolute Gasteiger partial charge is 0.233 e. The van der Waals surface area contributed by atoms with Gasteiger partial charge in [0.2, 0.25) is 5.91 Å². The summed E-state index contributed by atoms with van der Waals surface area (Å²) in [7, 11) is 0. The fourth-order valence-corrected chi connectivity index (χ4v) is 6.64. The highest BCUT2D eigenvalue weighted by Crippen LogP contribution is 2.45. The molecule has 0 bridgehead atoms. The zero-order valence-electron chi connectivity index (χ0n) is 18.0. The Kier molecular flexibility index (Phi) is 5.86. The van der Waals surface area contributed by atoms with Crippen LogP contribution in [0.2, 0.25) is 5.02 Å². The number of thioether (sulfide) groups is 1. The Bertz CT molecular complexity index is 953. The van der Waals surface area contributed by atoms with Crippen LogP contribution < -0.4 is 4.90 Å². The summed E-state index contributed by atoms with van der Waals surface area (Å²) in [5.41, 5.74) is 3.19. The van der Waals surface area contributed by atoms with E-state index in [1.54, 1.807) is 6.33 Å². The maximum Gasteiger partial charge on any atom is 0.233 e. The van der Waals surface area contributed by atoms with Gasteiger partial charge >= 0.3 is 0 Å². The number of anilines is 1. The second kappa shape index (κ2) is 8.62. The summed E-state index contributed by atoms with van der Waals surface area (Å²) in [5, 5.41) is 1.15. The highest BCUT2D eigenvalue weighted by atomic mass is 35.5. The molecule has 7 heteroatoms. The van der Waals surface area contributed by atoms with E-state index < -0.39 is 5.41 Å². The van der Waals surface area contributed by atoms with E-state index in [4.69, 9.17) is 11.6 Å². The van der Waals surface area contributed by atoms with Crippen LogP contribution in [-0.4, -0.2) is 47.0 Å². The molecule has 2 aliphatic heterocycles. The Hall–Kier alpha value is -1.79. The first kappa shape index (κ1) is 21.1. The Morgan fingerprint density at radius 3 is 2.48 bits per heavy atom. The van der Waals surface area contributed by atoms with Crippen LogP contribution >= 0.6 is 23.4 Å². The lowest BCUT2D eigenvalue weighted by atomic mass is 9.68. The molecule has 1 aliphatic carbocycles. The molecule has 31 heavy (non-hydrogen) atoms. The van der Waals surface area contributed by atoms with E-state index in [2.05, 4.69) is 38.8 Å². The molecular weight excluding hydrogens is 428 g/mol. The van der Waals surface area contributed by atoms with Gasteiger partial charge in [-0.05, 0) is 37.5 Å². The van der Waals surface area contributed by atoms with Gasteiger partial charge in [-0.15, -0.1) is 11.8 Å². The van der Waals surface area contributed by atoms with Gasteiger partial charge in [-0.3, -0.25) is 4.79 Å². The number of fused-ring (bicyclic) bond motifs is 1. The van der Waals surface area contributed by atoms with Crippen molar-refractivity contribution < 1.29 is 4.79 Å². The number of benzene rings is 1. The van der Waals surface area contributed by atoms with Crippen molar-refractivity contribution in [3.05, 3.63) is 52.4 Å². The SMILES string of the molecule is C[C@@H]1SCc2ncnc(N3CCN(C(=O)C4(c5ccc(Cl)cc5)CCCCC4)CC3)c21. The third-order valence-corrected chi connectivity index (χ3v) is 8.63. The van der Waals surface area contributed by atoms with Gasteiger partial charge < -0.3 is 9.80 Å². The average molecular weight is 457 g/mol. The van der Waals surface area contributed by atoms with Crippen molar-refractivity contribution in [1.82, 2.24) is 14.9 Å². The lowest BCUT2D eigenvalue weighted by Gasteiger charge is -2.43. The number of piperazine rings is 1. The fourth-order valence-electron chi connectivity index (χ4n) is 5.47. The van der Waals surface area contributed by atoms with Crippen LogP contribution in [0.1, 0.15) is 61.1 Å². The predicted molar refractivity (Wildman–Crippen MR) is 127 cm³/mol. The summed E-state index contributed by atoms with van der Waals surface area (Å²) in [6.07, 6.45) is 6.99. The van der Waals surface area contributed by atoms with Gasteiger partial charge in [-0.1, -0.05) is 43.0 Å². The van der Waals surface area contributed by atoms with E-state index in [0.717, 1.165) is 74.0 Å². The van der Waals surface area contributed by atoms with Gasteiger partial charge in [0.15, 0.2) is 0 Å². The van der Waals surface area contributed by atoms with E-state index >= 15 is 0 Å². The minimum absolute atomic E-state index is 0.297. The highest BCUT2D eigenvalue weighted by Gasteiger charge is 2.44. The number of hydrogen-bond acceptors (Lipinski definition) is 5. The first-order valence-electron chi connectivity index (χ1n) is 11.3. The maximum atomic E-state index is 13.9. The number of halogens is 1. The van der Waals surface area contributed by atoms with Gasteiger partial charge in [0, 0.05) is 47.8 Å². The molecule has 0 radical (unpaired) electrons. The zero-order valence-corrected chi connectivity index (χ0v) is 19.6. The first-order chi connectivity index (χ1) is 15.1. The van der Waals surface area contributed by atoms with Gasteiger partial charge in [0.1, 0.15) is 12.1 Å². The van der Waals surface area contributed by atoms with Gasteiger partial charge in [0.25, 0.3) is 0 Å². The molecule has 5 rings (SSSR count). The van der Waals surface area contributed by atoms with Gasteiger partial charge in [-0.25, -0.2) is 9.97 Å². The molecule has 1 saturated heterocycles. The number of rotatable bonds is 3. The van der Waals surface area contributed by atoms with Crippen molar-refractivity contribution in [2.45, 2.75) is 55.4 Å². The fraction of sp³-hybridized carbons (Fsp3) is 0.542. The minimum Gasteiger partial charge on any atom is -0.353 e. The summed E-state index contributed by atoms with van der Waals surface area (Å²) in [4.78, 5) is 27.5. The van der Waals surface area contributed by atoms with E-state index in [0.29, 0.717) is 11.2 Å². The Morgan fingerprint density at radius 1 is 1.06 bits per heavy atom. The van der Waals surface area contributed by atoms with Crippen LogP contribution in [0.25, 0.3) is 0 Å². The van der Waals surface area contributed by atoms with Gasteiger partial charge in [0.05, 0.1) is 11.1 Å². The molecule has 1 amide bonds. The van der Waals surface area contributed by atoms with Crippen molar-refractivity contribution >= 4 is 35.1 Å². The van der Waals surface area contributed by atoms with Crippen LogP contribution in [0.5, 0.6) is 0 Å². The van der Waals surface area contributed by atoms with E-state index in [9.17, 15) is 4.79 Å². The molecule has 0 spiro atoms. The molecule has 5 nitrogen and oxygen atoms in total. The normalized spacial score (nSPS) is 23.0. The number of amides is 1. The lowest BCUT2D eigenvalue weighted by Crippen LogP contribution is -2.55. The number of carbonyl (C=O) groups excluding carboxylic acids is 1. The third kappa shape index (κ3) is 3.82. The molecule has 1 saturated carbocycles. The third-order valence-electron chi connectivity index (χ3n) is 7.20. The van der Waals surface area contributed by atoms with E-state index in [1.165, 1.54) is 17.7 Å². The Balaban J connectivity index is 1.35. The number of carbonyl (C=O) groups is 1. The lowest BCUT2D eigenvalue weighted by molar-refractivity contribution is -0.139. The van der Waals surface area contributed by atoms with Crippen LogP contribution in [0.3, 0.4) is 0 Å². The van der Waals surface area contributed by atoms with Gasteiger partial charge in [-0.2, -0.15) is 0 Å². The largest absolute Gasteiger partial charge is 0.353 e. The molecule has 1 aromatic carbocycles. The van der Waals surface area contributed by atoms with E-state index in [-0.39, 0.29) is 0 Å². The Morgan fingerprint density at radius 2 is 1.77 bits per heavy atom. The van der Waals surface area contributed by atoms with Crippen molar-refractivity contribution in [3.63, 3.8) is 0 Å². The standard InChI is InChI=1S/C24H29ClN4OS/c1-17-21-20(15-31-17)26-16-27-22(21)28-11-13-29(14-12-28)23(30)24(9-3-2-4-10-24)18-5-7-19(25)8-6-18/h5-8,16-17H,2-4,9-15H2,1H3/t17-/m0/s1. The molecule has 3 aliphatic rings. The maximum absolute atomic E-state index is 13.9. The predicted octanol–water partition coefficient (Wildman–Crippen LogP) is 4.99. The van der Waals surface area contributed by atoms with Crippen LogP contribution in [0.4, 0.5) is 5.82 Å². The van der Waals surface area contributed by atoms with Crippen molar-refractivity contribution in [2.24, 2.45) is 0 Å². The molecule has 1 atom stereocenters. The number of aromatic nitrogens is 2. The summed E-state index contributed by atoms with van der Waals surface area (Å²) in [6, 6.07) is 7.97. The molecule has 1 aromatic heterocycles. The number of nitrogens with zero attached hydrogens (tertiary/aromatic N) is 4. The van der Waals surface area contributed by atoms with Crippen molar-refractivity contribution in [3.8, 4) is 0 Å². The molecule has 164 valence electrons. The van der Waals surface area contributed by atoms with Crippen molar-refractivity contribution in [2.75, 3.05) is 31.1 Å². The van der Waals surface area contributed by atoms with Crippen LogP contribution in [0, 0.1) is 0 Å². The van der Waals surface area contributed by atoms with Crippen LogP contribution in [0.15, 0.2) is 30.6 Å². The summed E-state index contributed by atoms with van der Waals surface area (Å²) in [5.74, 6) is 2.33. The second-order valence-corrected chi connectivity index (χ2v) is 10.7. The Labute approximate surface area is 193 Å². The molecule has 3 heterocycles. The average Bonchev–Trinajstić information content (AvgIpc) is 3.21. The molecule has 0 N–H and O–H groups in total. The van der Waals surface area contributed by atoms with Crippen LogP contribution in [-0.2, 0) is 16.0 Å². The molecule has 0 unspecified atom stereocenters. The monoisotopic (exact) mass is 456 g/mol. The molecule has 2 fully saturated rings. The minimum atomic E-state index is -0.397.